The predicted molar refractivity (Wildman–Crippen MR) is 117 cm³/mol. The van der Waals surface area contributed by atoms with Crippen LogP contribution in [0.3, 0.4) is 0 Å². The number of carbonyl (C=O) groups excluding carboxylic acids is 2. The monoisotopic (exact) mass is 451 g/mol. The van der Waals surface area contributed by atoms with Gasteiger partial charge in [-0.1, -0.05) is 12.1 Å². The van der Waals surface area contributed by atoms with Crippen molar-refractivity contribution in [3.8, 4) is 5.75 Å². The van der Waals surface area contributed by atoms with Crippen LogP contribution in [-0.2, 0) is 0 Å². The second-order valence-corrected chi connectivity index (χ2v) is 6.84. The van der Waals surface area contributed by atoms with Gasteiger partial charge in [-0.25, -0.2) is 5.43 Å². The van der Waals surface area contributed by atoms with E-state index < -0.39 is 0 Å². The van der Waals surface area contributed by atoms with Gasteiger partial charge in [-0.2, -0.15) is 5.10 Å². The van der Waals surface area contributed by atoms with E-state index >= 15 is 0 Å². The zero-order valence-electron chi connectivity index (χ0n) is 15.6. The van der Waals surface area contributed by atoms with Crippen molar-refractivity contribution in [1.29, 1.82) is 0 Å². The van der Waals surface area contributed by atoms with Crippen molar-refractivity contribution >= 4 is 39.6 Å². The first kappa shape index (κ1) is 20.3. The minimum atomic E-state index is -0.349. The van der Waals surface area contributed by atoms with Crippen LogP contribution in [0, 0.1) is 0 Å². The Bertz CT molecular complexity index is 1030. The molecule has 6 nitrogen and oxygen atoms in total. The molecule has 0 fully saturated rings. The molecule has 0 spiro atoms. The van der Waals surface area contributed by atoms with Crippen LogP contribution in [-0.4, -0.2) is 25.1 Å². The van der Waals surface area contributed by atoms with Crippen molar-refractivity contribution in [2.75, 3.05) is 12.4 Å². The van der Waals surface area contributed by atoms with E-state index in [1.165, 1.54) is 0 Å². The van der Waals surface area contributed by atoms with Crippen LogP contribution in [0.25, 0.3) is 0 Å². The Morgan fingerprint density at radius 3 is 2.28 bits per heavy atom. The third-order valence-electron chi connectivity index (χ3n) is 4.02. The number of nitrogens with one attached hydrogen (secondary N) is 2. The van der Waals surface area contributed by atoms with E-state index in [1.807, 2.05) is 30.3 Å². The van der Waals surface area contributed by atoms with Crippen molar-refractivity contribution in [2.24, 2.45) is 5.10 Å². The van der Waals surface area contributed by atoms with Crippen molar-refractivity contribution in [2.45, 2.75) is 0 Å². The van der Waals surface area contributed by atoms with Crippen LogP contribution in [0.15, 0.2) is 82.4 Å². The molecule has 0 aliphatic heterocycles. The van der Waals surface area contributed by atoms with Crippen molar-refractivity contribution < 1.29 is 14.3 Å². The molecule has 0 aromatic heterocycles. The smallest absolute Gasteiger partial charge is 0.271 e. The number of amides is 2. The number of carbonyl (C=O) groups is 2. The van der Waals surface area contributed by atoms with E-state index in [2.05, 4.69) is 31.8 Å². The maximum Gasteiger partial charge on any atom is 0.271 e. The number of hydrazone groups is 1. The number of methoxy groups -OCH3 is 1. The van der Waals surface area contributed by atoms with Gasteiger partial charge in [0.25, 0.3) is 11.8 Å². The second kappa shape index (κ2) is 9.66. The van der Waals surface area contributed by atoms with E-state index in [4.69, 9.17) is 4.74 Å². The van der Waals surface area contributed by atoms with Crippen LogP contribution < -0.4 is 15.5 Å². The molecule has 146 valence electrons. The Morgan fingerprint density at radius 1 is 0.931 bits per heavy atom. The zero-order valence-corrected chi connectivity index (χ0v) is 17.1. The normalized spacial score (nSPS) is 10.6. The number of hydrogen-bond acceptors (Lipinski definition) is 4. The molecule has 0 saturated heterocycles. The lowest BCUT2D eigenvalue weighted by Crippen LogP contribution is -2.18. The highest BCUT2D eigenvalue weighted by Crippen LogP contribution is 2.18. The minimum absolute atomic E-state index is 0.237. The van der Waals surface area contributed by atoms with Gasteiger partial charge in [0.2, 0.25) is 0 Å². The summed E-state index contributed by atoms with van der Waals surface area (Å²) in [6.45, 7) is 0. The third kappa shape index (κ3) is 5.52. The summed E-state index contributed by atoms with van der Waals surface area (Å²) in [5.74, 6) is 0.162. The maximum absolute atomic E-state index is 12.3. The molecule has 3 aromatic carbocycles. The van der Waals surface area contributed by atoms with Crippen LogP contribution in [0.2, 0.25) is 0 Å². The summed E-state index contributed by atoms with van der Waals surface area (Å²) >= 11 is 3.36. The summed E-state index contributed by atoms with van der Waals surface area (Å²) in [5.41, 5.74) is 4.85. The van der Waals surface area contributed by atoms with Crippen LogP contribution >= 0.6 is 15.9 Å². The van der Waals surface area contributed by atoms with Crippen molar-refractivity contribution in [3.63, 3.8) is 0 Å². The summed E-state index contributed by atoms with van der Waals surface area (Å²) in [7, 11) is 1.60. The Morgan fingerprint density at radius 2 is 1.62 bits per heavy atom. The molecule has 0 bridgehead atoms. The van der Waals surface area contributed by atoms with Gasteiger partial charge < -0.3 is 10.1 Å². The van der Waals surface area contributed by atoms with Gasteiger partial charge >= 0.3 is 0 Å². The Hall–Kier alpha value is -3.45. The topological polar surface area (TPSA) is 79.8 Å². The molecular weight excluding hydrogens is 434 g/mol. The predicted octanol–water partition coefficient (Wildman–Crippen LogP) is 4.47. The molecule has 0 heterocycles. The average Bonchev–Trinajstić information content (AvgIpc) is 2.75. The fourth-order valence-electron chi connectivity index (χ4n) is 2.47. The number of benzene rings is 3. The first-order valence-corrected chi connectivity index (χ1v) is 9.49. The fourth-order valence-corrected chi connectivity index (χ4v) is 2.93. The summed E-state index contributed by atoms with van der Waals surface area (Å²) < 4.78 is 5.80. The van der Waals surface area contributed by atoms with Gasteiger partial charge in [-0.05, 0) is 82.2 Å². The number of ether oxygens (including phenoxy) is 1. The zero-order chi connectivity index (χ0) is 20.6. The molecule has 3 rings (SSSR count). The number of hydrogen-bond donors (Lipinski definition) is 2. The van der Waals surface area contributed by atoms with Gasteiger partial charge in [0.1, 0.15) is 5.75 Å². The van der Waals surface area contributed by atoms with E-state index in [1.54, 1.807) is 55.8 Å². The lowest BCUT2D eigenvalue weighted by molar-refractivity contribution is 0.0954. The average molecular weight is 452 g/mol. The summed E-state index contributed by atoms with van der Waals surface area (Å²) in [4.78, 5) is 24.5. The molecule has 0 aliphatic carbocycles. The molecule has 0 radical (unpaired) electrons. The highest BCUT2D eigenvalue weighted by molar-refractivity contribution is 9.10. The Labute approximate surface area is 176 Å². The number of rotatable bonds is 6. The molecule has 0 unspecified atom stereocenters. The summed E-state index contributed by atoms with van der Waals surface area (Å²) in [6.07, 6.45) is 1.55. The molecule has 7 heteroatoms. The third-order valence-corrected chi connectivity index (χ3v) is 4.71. The lowest BCUT2D eigenvalue weighted by atomic mass is 10.1. The first-order valence-electron chi connectivity index (χ1n) is 8.70. The summed E-state index contributed by atoms with van der Waals surface area (Å²) in [5, 5.41) is 6.75. The second-order valence-electron chi connectivity index (χ2n) is 5.98. The van der Waals surface area contributed by atoms with E-state index in [0.29, 0.717) is 21.3 Å². The van der Waals surface area contributed by atoms with Gasteiger partial charge in [-0.15, -0.1) is 0 Å². The van der Waals surface area contributed by atoms with E-state index in [-0.39, 0.29) is 11.8 Å². The van der Waals surface area contributed by atoms with Gasteiger partial charge in [0.05, 0.1) is 18.9 Å². The molecular formula is C22H18BrN3O3. The first-order chi connectivity index (χ1) is 14.1. The SMILES string of the molecule is COc1ccc(C=NNC(=O)c2ccc(NC(=O)c3ccccc3Br)cc2)cc1. The Kier molecular flexibility index (Phi) is 6.76. The summed E-state index contributed by atoms with van der Waals surface area (Å²) in [6, 6.07) is 21.0. The molecule has 0 saturated carbocycles. The molecule has 2 amide bonds. The molecule has 2 N–H and O–H groups in total. The van der Waals surface area contributed by atoms with E-state index in [0.717, 1.165) is 11.3 Å². The number of anilines is 1. The quantitative estimate of drug-likeness (QED) is 0.428. The van der Waals surface area contributed by atoms with Crippen LogP contribution in [0.1, 0.15) is 26.3 Å². The highest BCUT2D eigenvalue weighted by atomic mass is 79.9. The molecule has 0 atom stereocenters. The highest BCUT2D eigenvalue weighted by Gasteiger charge is 2.10. The number of nitrogens with zero attached hydrogens (tertiary/aromatic N) is 1. The van der Waals surface area contributed by atoms with Crippen molar-refractivity contribution in [3.05, 3.63) is 94.0 Å². The largest absolute Gasteiger partial charge is 0.497 e. The van der Waals surface area contributed by atoms with E-state index in [9.17, 15) is 9.59 Å². The molecule has 0 aliphatic rings. The van der Waals surface area contributed by atoms with Crippen LogP contribution in [0.4, 0.5) is 5.69 Å². The fraction of sp³-hybridized carbons (Fsp3) is 0.0455. The van der Waals surface area contributed by atoms with Crippen LogP contribution in [0.5, 0.6) is 5.75 Å². The molecule has 29 heavy (non-hydrogen) atoms. The van der Waals surface area contributed by atoms with Gasteiger partial charge in [-0.3, -0.25) is 9.59 Å². The Balaban J connectivity index is 1.57. The number of halogens is 1. The van der Waals surface area contributed by atoms with Gasteiger partial charge in [0, 0.05) is 15.7 Å². The minimum Gasteiger partial charge on any atom is -0.497 e. The van der Waals surface area contributed by atoms with Crippen molar-refractivity contribution in [1.82, 2.24) is 5.43 Å². The van der Waals surface area contributed by atoms with Gasteiger partial charge in [0.15, 0.2) is 0 Å². The lowest BCUT2D eigenvalue weighted by Gasteiger charge is -2.07. The maximum atomic E-state index is 12.3. The molecule has 3 aromatic rings. The standard InChI is InChI=1S/C22H18BrN3O3/c1-29-18-12-6-15(7-13-18)14-24-26-21(27)16-8-10-17(11-9-16)25-22(28)19-4-2-3-5-20(19)23/h2-14H,1H3,(H,25,28)(H,26,27).